The maximum Gasteiger partial charge on any atom is 0.116 e. The Bertz CT molecular complexity index is 353. The molecule has 1 fully saturated rings. The molecule has 17 heavy (non-hydrogen) atoms. The molecule has 2 rings (SSSR count). The van der Waals surface area contributed by atoms with Crippen molar-refractivity contribution in [1.29, 1.82) is 0 Å². The molecule has 0 radical (unpaired) electrons. The molecule has 1 heterocycles. The molecule has 0 aliphatic heterocycles. The average Bonchev–Trinajstić information content (AvgIpc) is 2.34. The van der Waals surface area contributed by atoms with E-state index in [1.54, 1.807) is 0 Å². The Balaban J connectivity index is 1.99. The van der Waals surface area contributed by atoms with Gasteiger partial charge in [0.1, 0.15) is 5.67 Å². The smallest absolute Gasteiger partial charge is 0.116 e. The molecule has 1 aliphatic carbocycles. The molecule has 0 spiro atoms. The van der Waals surface area contributed by atoms with Crippen LogP contribution in [-0.2, 0) is 12.8 Å². The highest BCUT2D eigenvalue weighted by Gasteiger charge is 2.34. The summed E-state index contributed by atoms with van der Waals surface area (Å²) in [4.78, 5) is 4.34. The quantitative estimate of drug-likeness (QED) is 0.876. The lowest BCUT2D eigenvalue weighted by Crippen LogP contribution is -2.37. The Hall–Kier alpha value is -0.960. The maximum absolute atomic E-state index is 14.5. The molecule has 0 aromatic carbocycles. The maximum atomic E-state index is 14.5. The second kappa shape index (κ2) is 5.13. The highest BCUT2D eigenvalue weighted by atomic mass is 19.1. The first kappa shape index (κ1) is 12.5. The van der Waals surface area contributed by atoms with E-state index in [4.69, 9.17) is 5.73 Å². The molecule has 0 saturated heterocycles. The van der Waals surface area contributed by atoms with E-state index in [0.29, 0.717) is 19.3 Å². The van der Waals surface area contributed by atoms with Crippen molar-refractivity contribution in [3.05, 3.63) is 29.6 Å². The van der Waals surface area contributed by atoms with Crippen LogP contribution in [-0.4, -0.2) is 16.7 Å². The molecule has 2 N–H and O–H groups in total. The second-order valence-electron chi connectivity index (χ2n) is 5.18. The predicted molar refractivity (Wildman–Crippen MR) is 67.6 cm³/mol. The van der Waals surface area contributed by atoms with Gasteiger partial charge < -0.3 is 5.73 Å². The number of nitrogens with zero attached hydrogens (tertiary/aromatic N) is 1. The second-order valence-corrected chi connectivity index (χ2v) is 5.18. The van der Waals surface area contributed by atoms with Crippen LogP contribution in [0.5, 0.6) is 0 Å². The average molecular weight is 236 g/mol. The predicted octanol–water partition coefficient (Wildman–Crippen LogP) is 2.80. The van der Waals surface area contributed by atoms with E-state index in [9.17, 15) is 4.39 Å². The largest absolute Gasteiger partial charge is 0.328 e. The molecule has 1 aromatic heterocycles. The fourth-order valence-corrected chi connectivity index (χ4v) is 2.43. The Morgan fingerprint density at radius 1 is 1.41 bits per heavy atom. The number of halogens is 1. The summed E-state index contributed by atoms with van der Waals surface area (Å²) >= 11 is 0. The van der Waals surface area contributed by atoms with Crippen molar-refractivity contribution in [1.82, 2.24) is 4.98 Å². The molecule has 0 atom stereocenters. The first-order valence-electron chi connectivity index (χ1n) is 6.49. The Kier molecular flexibility index (Phi) is 3.77. The molecule has 2 nitrogen and oxygen atoms in total. The topological polar surface area (TPSA) is 38.9 Å². The number of aryl methyl sites for hydroxylation is 1. The van der Waals surface area contributed by atoms with E-state index in [0.717, 1.165) is 25.0 Å². The molecule has 0 unspecified atom stereocenters. The van der Waals surface area contributed by atoms with E-state index in [2.05, 4.69) is 11.9 Å². The summed E-state index contributed by atoms with van der Waals surface area (Å²) in [7, 11) is 0. The Morgan fingerprint density at radius 2 is 2.12 bits per heavy atom. The van der Waals surface area contributed by atoms with Crippen molar-refractivity contribution in [3.63, 3.8) is 0 Å². The van der Waals surface area contributed by atoms with Crippen LogP contribution in [0.2, 0.25) is 0 Å². The van der Waals surface area contributed by atoms with Crippen LogP contribution in [0.25, 0.3) is 0 Å². The van der Waals surface area contributed by atoms with Crippen molar-refractivity contribution in [2.75, 3.05) is 0 Å². The van der Waals surface area contributed by atoms with Crippen LogP contribution in [0.3, 0.4) is 0 Å². The third-order valence-electron chi connectivity index (χ3n) is 3.72. The number of nitrogens with two attached hydrogens (primary N) is 1. The lowest BCUT2D eigenvalue weighted by atomic mass is 9.81. The molecule has 0 bridgehead atoms. The van der Waals surface area contributed by atoms with Crippen LogP contribution >= 0.6 is 0 Å². The first-order valence-corrected chi connectivity index (χ1v) is 6.49. The fourth-order valence-electron chi connectivity index (χ4n) is 2.43. The van der Waals surface area contributed by atoms with E-state index in [1.807, 2.05) is 18.3 Å². The van der Waals surface area contributed by atoms with Crippen molar-refractivity contribution >= 4 is 0 Å². The van der Waals surface area contributed by atoms with Crippen molar-refractivity contribution < 1.29 is 4.39 Å². The van der Waals surface area contributed by atoms with Gasteiger partial charge in [-0.1, -0.05) is 13.0 Å². The summed E-state index contributed by atoms with van der Waals surface area (Å²) in [6.45, 7) is 2.09. The minimum atomic E-state index is -1.09. The van der Waals surface area contributed by atoms with Gasteiger partial charge in [-0.15, -0.1) is 0 Å². The van der Waals surface area contributed by atoms with Crippen LogP contribution in [0.1, 0.15) is 43.9 Å². The number of hydrogen-bond donors (Lipinski definition) is 1. The summed E-state index contributed by atoms with van der Waals surface area (Å²) in [5, 5.41) is 0. The Morgan fingerprint density at radius 3 is 2.65 bits per heavy atom. The monoisotopic (exact) mass is 236 g/mol. The summed E-state index contributed by atoms with van der Waals surface area (Å²) < 4.78 is 14.5. The molecular formula is C14H21FN2. The molecule has 3 heteroatoms. The van der Waals surface area contributed by atoms with Gasteiger partial charge in [-0.25, -0.2) is 4.39 Å². The Labute approximate surface area is 102 Å². The third kappa shape index (κ3) is 3.25. The SMILES string of the molecule is CCc1ccc(CC2(F)CCC(N)CC2)nc1. The summed E-state index contributed by atoms with van der Waals surface area (Å²) in [6, 6.07) is 4.18. The lowest BCUT2D eigenvalue weighted by molar-refractivity contribution is 0.0984. The number of alkyl halides is 1. The van der Waals surface area contributed by atoms with Gasteiger partial charge in [-0.3, -0.25) is 4.98 Å². The van der Waals surface area contributed by atoms with Gasteiger partial charge in [0, 0.05) is 24.4 Å². The molecule has 0 amide bonds. The minimum Gasteiger partial charge on any atom is -0.328 e. The highest BCUT2D eigenvalue weighted by Crippen LogP contribution is 2.33. The lowest BCUT2D eigenvalue weighted by Gasteiger charge is -2.32. The molecular weight excluding hydrogens is 215 g/mol. The zero-order valence-electron chi connectivity index (χ0n) is 10.5. The zero-order chi connectivity index (χ0) is 12.3. The van der Waals surface area contributed by atoms with E-state index < -0.39 is 5.67 Å². The van der Waals surface area contributed by atoms with Gasteiger partial charge in [-0.05, 0) is 43.7 Å². The minimum absolute atomic E-state index is 0.189. The summed E-state index contributed by atoms with van der Waals surface area (Å²) in [6.07, 6.45) is 6.00. The van der Waals surface area contributed by atoms with Gasteiger partial charge >= 0.3 is 0 Å². The molecule has 94 valence electrons. The van der Waals surface area contributed by atoms with E-state index >= 15 is 0 Å². The van der Waals surface area contributed by atoms with E-state index in [-0.39, 0.29) is 6.04 Å². The standard InChI is InChI=1S/C14H21FN2/c1-2-11-3-4-13(17-10-11)9-14(15)7-5-12(16)6-8-14/h3-4,10,12H,2,5-9,16H2,1H3. The van der Waals surface area contributed by atoms with Gasteiger partial charge in [0.15, 0.2) is 0 Å². The number of aromatic nitrogens is 1. The zero-order valence-corrected chi connectivity index (χ0v) is 10.5. The van der Waals surface area contributed by atoms with E-state index in [1.165, 1.54) is 5.56 Å². The first-order chi connectivity index (χ1) is 8.11. The van der Waals surface area contributed by atoms with Gasteiger partial charge in [0.25, 0.3) is 0 Å². The van der Waals surface area contributed by atoms with Crippen LogP contribution in [0.4, 0.5) is 4.39 Å². The highest BCUT2D eigenvalue weighted by molar-refractivity contribution is 5.15. The number of rotatable bonds is 3. The van der Waals surface area contributed by atoms with Gasteiger partial charge in [-0.2, -0.15) is 0 Å². The van der Waals surface area contributed by atoms with Crippen LogP contribution < -0.4 is 5.73 Å². The van der Waals surface area contributed by atoms with Crippen molar-refractivity contribution in [2.24, 2.45) is 5.73 Å². The fraction of sp³-hybridized carbons (Fsp3) is 0.643. The van der Waals surface area contributed by atoms with Crippen molar-refractivity contribution in [3.8, 4) is 0 Å². The molecule has 1 saturated carbocycles. The summed E-state index contributed by atoms with van der Waals surface area (Å²) in [5.41, 5.74) is 6.78. The molecule has 1 aromatic rings. The van der Waals surface area contributed by atoms with Gasteiger partial charge in [0.05, 0.1) is 0 Å². The number of pyridine rings is 1. The number of hydrogen-bond acceptors (Lipinski definition) is 2. The third-order valence-corrected chi connectivity index (χ3v) is 3.72. The van der Waals surface area contributed by atoms with Gasteiger partial charge in [0.2, 0.25) is 0 Å². The van der Waals surface area contributed by atoms with Crippen molar-refractivity contribution in [2.45, 2.75) is 57.2 Å². The normalized spacial score (nSPS) is 29.2. The summed E-state index contributed by atoms with van der Waals surface area (Å²) in [5.74, 6) is 0. The van der Waals surface area contributed by atoms with Crippen LogP contribution in [0, 0.1) is 0 Å². The molecule has 1 aliphatic rings. The van der Waals surface area contributed by atoms with Crippen LogP contribution in [0.15, 0.2) is 18.3 Å².